The van der Waals surface area contributed by atoms with Crippen LogP contribution in [0.3, 0.4) is 0 Å². The number of primary amides is 1. The topological polar surface area (TPSA) is 66.6 Å². The molecule has 0 saturated carbocycles. The zero-order valence-corrected chi connectivity index (χ0v) is 16.1. The van der Waals surface area contributed by atoms with Gasteiger partial charge in [-0.05, 0) is 63.4 Å². The van der Waals surface area contributed by atoms with E-state index in [9.17, 15) is 14.0 Å². The zero-order valence-electron chi connectivity index (χ0n) is 16.1. The number of piperidine rings is 2. The van der Waals surface area contributed by atoms with Gasteiger partial charge in [0.1, 0.15) is 17.1 Å². The average Bonchev–Trinajstić information content (AvgIpc) is 2.67. The molecule has 3 rings (SSSR count). The van der Waals surface area contributed by atoms with Gasteiger partial charge in [-0.15, -0.1) is 0 Å². The summed E-state index contributed by atoms with van der Waals surface area (Å²) in [6, 6.07) is 6.30. The first-order chi connectivity index (χ1) is 12.9. The molecule has 148 valence electrons. The van der Waals surface area contributed by atoms with Crippen LogP contribution in [0.4, 0.5) is 4.39 Å². The van der Waals surface area contributed by atoms with E-state index >= 15 is 0 Å². The number of nitrogens with zero attached hydrogens (tertiary/aromatic N) is 2. The highest BCUT2D eigenvalue weighted by atomic mass is 19.1. The molecule has 2 fully saturated rings. The molecule has 6 heteroatoms. The van der Waals surface area contributed by atoms with Crippen molar-refractivity contribution in [1.29, 1.82) is 0 Å². The van der Waals surface area contributed by atoms with Crippen LogP contribution in [0.2, 0.25) is 0 Å². The van der Waals surface area contributed by atoms with Crippen molar-refractivity contribution < 1.29 is 14.0 Å². The highest BCUT2D eigenvalue weighted by molar-refractivity contribution is 5.85. The number of rotatable bonds is 6. The molecule has 27 heavy (non-hydrogen) atoms. The minimum Gasteiger partial charge on any atom is -0.368 e. The Balaban J connectivity index is 1.76. The normalized spacial score (nSPS) is 22.3. The molecule has 0 bridgehead atoms. The van der Waals surface area contributed by atoms with Crippen LogP contribution < -0.4 is 5.73 Å². The summed E-state index contributed by atoms with van der Waals surface area (Å²) in [7, 11) is 0. The fourth-order valence-corrected chi connectivity index (χ4v) is 4.66. The second kappa shape index (κ2) is 8.48. The largest absolute Gasteiger partial charge is 0.368 e. The number of hydrogen-bond donors (Lipinski definition) is 1. The molecule has 1 amide bonds. The van der Waals surface area contributed by atoms with Crippen LogP contribution in [-0.2, 0) is 9.59 Å². The van der Waals surface area contributed by atoms with Crippen molar-refractivity contribution in [3.63, 3.8) is 0 Å². The molecule has 2 aliphatic rings. The summed E-state index contributed by atoms with van der Waals surface area (Å²) in [5.41, 5.74) is 6.24. The standard InChI is InChI=1S/C21H30FN3O2/c1-16(26)15-19(17-5-7-18(22)8-6-17)24-13-9-21(10-14-24,20(23)27)25-11-3-2-4-12-25/h5-8,19H,2-4,9-15H2,1H3,(H2,23,27). The van der Waals surface area contributed by atoms with Crippen LogP contribution in [0.25, 0.3) is 0 Å². The van der Waals surface area contributed by atoms with Gasteiger partial charge in [0, 0.05) is 25.6 Å². The molecule has 0 radical (unpaired) electrons. The molecule has 0 aliphatic carbocycles. The van der Waals surface area contributed by atoms with Crippen LogP contribution in [-0.4, -0.2) is 53.2 Å². The number of carbonyl (C=O) groups excluding carboxylic acids is 2. The molecule has 2 saturated heterocycles. The van der Waals surface area contributed by atoms with Crippen LogP contribution in [0.15, 0.2) is 24.3 Å². The third-order valence-corrected chi connectivity index (χ3v) is 6.22. The monoisotopic (exact) mass is 375 g/mol. The van der Waals surface area contributed by atoms with E-state index in [1.165, 1.54) is 18.6 Å². The van der Waals surface area contributed by atoms with Gasteiger partial charge in [-0.3, -0.25) is 19.4 Å². The first-order valence-corrected chi connectivity index (χ1v) is 9.96. The van der Waals surface area contributed by atoms with E-state index < -0.39 is 5.54 Å². The van der Waals surface area contributed by atoms with E-state index in [1.807, 2.05) is 0 Å². The third-order valence-electron chi connectivity index (χ3n) is 6.22. The Labute approximate surface area is 160 Å². The first kappa shape index (κ1) is 20.0. The van der Waals surface area contributed by atoms with Gasteiger partial charge >= 0.3 is 0 Å². The summed E-state index contributed by atoms with van der Waals surface area (Å²) >= 11 is 0. The lowest BCUT2D eigenvalue weighted by Crippen LogP contribution is -2.63. The lowest BCUT2D eigenvalue weighted by atomic mass is 9.82. The molecule has 2 N–H and O–H groups in total. The molecule has 2 heterocycles. The highest BCUT2D eigenvalue weighted by Gasteiger charge is 2.46. The van der Waals surface area contributed by atoms with Crippen molar-refractivity contribution in [2.24, 2.45) is 5.73 Å². The number of likely N-dealkylation sites (tertiary alicyclic amines) is 2. The van der Waals surface area contributed by atoms with Crippen LogP contribution in [0.1, 0.15) is 57.1 Å². The van der Waals surface area contributed by atoms with Gasteiger partial charge in [-0.25, -0.2) is 4.39 Å². The van der Waals surface area contributed by atoms with Gasteiger partial charge < -0.3 is 5.73 Å². The Hall–Kier alpha value is -1.79. The SMILES string of the molecule is CC(=O)CC(c1ccc(F)cc1)N1CCC(C(N)=O)(N2CCCCC2)CC1. The van der Waals surface area contributed by atoms with Crippen LogP contribution >= 0.6 is 0 Å². The molecular weight excluding hydrogens is 345 g/mol. The van der Waals surface area contributed by atoms with Crippen molar-refractivity contribution in [3.05, 3.63) is 35.6 Å². The quantitative estimate of drug-likeness (QED) is 0.830. The Kier molecular flexibility index (Phi) is 6.27. The van der Waals surface area contributed by atoms with Crippen LogP contribution in [0.5, 0.6) is 0 Å². The number of halogens is 1. The highest BCUT2D eigenvalue weighted by Crippen LogP contribution is 2.36. The molecule has 1 unspecified atom stereocenters. The molecule has 0 spiro atoms. The lowest BCUT2D eigenvalue weighted by molar-refractivity contribution is -0.136. The zero-order chi connectivity index (χ0) is 19.4. The Morgan fingerprint density at radius 2 is 1.67 bits per heavy atom. The first-order valence-electron chi connectivity index (χ1n) is 9.96. The number of amides is 1. The van der Waals surface area contributed by atoms with E-state index in [0.717, 1.165) is 31.5 Å². The molecule has 1 aromatic rings. The minimum absolute atomic E-state index is 0.0877. The molecule has 1 atom stereocenters. The maximum Gasteiger partial charge on any atom is 0.238 e. The van der Waals surface area contributed by atoms with Crippen molar-refractivity contribution in [2.75, 3.05) is 26.2 Å². The molecule has 2 aliphatic heterocycles. The molecule has 5 nitrogen and oxygen atoms in total. The Bertz CT molecular complexity index is 663. The van der Waals surface area contributed by atoms with Crippen molar-refractivity contribution >= 4 is 11.7 Å². The number of ketones is 1. The predicted octanol–water partition coefficient (Wildman–Crippen LogP) is 2.65. The van der Waals surface area contributed by atoms with E-state index in [-0.39, 0.29) is 23.5 Å². The fraction of sp³-hybridized carbons (Fsp3) is 0.619. The number of nitrogens with two attached hydrogens (primary N) is 1. The van der Waals surface area contributed by atoms with Gasteiger partial charge in [-0.1, -0.05) is 18.6 Å². The fourth-order valence-electron chi connectivity index (χ4n) is 4.66. The van der Waals surface area contributed by atoms with E-state index in [2.05, 4.69) is 9.80 Å². The predicted molar refractivity (Wildman–Crippen MR) is 103 cm³/mol. The summed E-state index contributed by atoms with van der Waals surface area (Å²) in [4.78, 5) is 28.8. The maximum absolute atomic E-state index is 13.3. The smallest absolute Gasteiger partial charge is 0.238 e. The maximum atomic E-state index is 13.3. The van der Waals surface area contributed by atoms with E-state index in [4.69, 9.17) is 5.73 Å². The summed E-state index contributed by atoms with van der Waals surface area (Å²) in [5, 5.41) is 0. The van der Waals surface area contributed by atoms with Gasteiger partial charge in [0.05, 0.1) is 0 Å². The van der Waals surface area contributed by atoms with Gasteiger partial charge in [0.25, 0.3) is 0 Å². The van der Waals surface area contributed by atoms with Crippen molar-refractivity contribution in [2.45, 2.75) is 57.0 Å². The Morgan fingerprint density at radius 1 is 1.07 bits per heavy atom. The number of benzene rings is 1. The number of Topliss-reactive ketones (excluding diaryl/α,β-unsaturated/α-hetero) is 1. The number of hydrogen-bond acceptors (Lipinski definition) is 4. The summed E-state index contributed by atoms with van der Waals surface area (Å²) in [5.74, 6) is -0.405. The summed E-state index contributed by atoms with van der Waals surface area (Å²) < 4.78 is 13.3. The minimum atomic E-state index is -0.569. The lowest BCUT2D eigenvalue weighted by Gasteiger charge is -2.49. The van der Waals surface area contributed by atoms with Gasteiger partial charge in [0.15, 0.2) is 0 Å². The molecule has 0 aromatic heterocycles. The third kappa shape index (κ3) is 4.38. The second-order valence-corrected chi connectivity index (χ2v) is 7.95. The van der Waals surface area contributed by atoms with Crippen molar-refractivity contribution in [1.82, 2.24) is 9.80 Å². The summed E-state index contributed by atoms with van der Waals surface area (Å²) in [6.45, 7) is 4.85. The molecular formula is C21H30FN3O2. The average molecular weight is 375 g/mol. The van der Waals surface area contributed by atoms with Crippen molar-refractivity contribution in [3.8, 4) is 0 Å². The Morgan fingerprint density at radius 3 is 2.19 bits per heavy atom. The second-order valence-electron chi connectivity index (χ2n) is 7.95. The van der Waals surface area contributed by atoms with Gasteiger partial charge in [0.2, 0.25) is 5.91 Å². The van der Waals surface area contributed by atoms with Gasteiger partial charge in [-0.2, -0.15) is 0 Å². The molecule has 1 aromatic carbocycles. The van der Waals surface area contributed by atoms with E-state index in [0.29, 0.717) is 32.4 Å². The van der Waals surface area contributed by atoms with Crippen LogP contribution in [0, 0.1) is 5.82 Å². The summed E-state index contributed by atoms with van der Waals surface area (Å²) in [6.07, 6.45) is 5.18. The number of carbonyl (C=O) groups is 2. The van der Waals surface area contributed by atoms with E-state index in [1.54, 1.807) is 19.1 Å².